The Morgan fingerprint density at radius 1 is 1.04 bits per heavy atom. The second-order valence-corrected chi connectivity index (χ2v) is 8.48. The van der Waals surface area contributed by atoms with Gasteiger partial charge in [-0.15, -0.1) is 0 Å². The molecule has 0 atom stereocenters. The zero-order valence-corrected chi connectivity index (χ0v) is 16.9. The number of carbonyl (C=O) groups excluding carboxylic acids is 2. The Hall–Kier alpha value is -2.04. The molecule has 0 aromatic heterocycles. The van der Waals surface area contributed by atoms with E-state index in [1.807, 2.05) is 24.3 Å². The molecule has 5 nitrogen and oxygen atoms in total. The van der Waals surface area contributed by atoms with Crippen molar-refractivity contribution in [1.82, 2.24) is 4.90 Å². The van der Waals surface area contributed by atoms with Crippen LogP contribution in [-0.4, -0.2) is 41.9 Å². The predicted octanol–water partition coefficient (Wildman–Crippen LogP) is 4.15. The number of fused-ring (bicyclic) bond motifs is 1. The molecule has 1 heterocycles. The molecule has 2 saturated carbocycles. The van der Waals surface area contributed by atoms with Crippen molar-refractivity contribution in [3.8, 4) is 5.75 Å². The molecule has 1 aromatic rings. The molecule has 1 aliphatic heterocycles. The fourth-order valence-electron chi connectivity index (χ4n) is 4.80. The van der Waals surface area contributed by atoms with Gasteiger partial charge in [0, 0.05) is 24.9 Å². The summed E-state index contributed by atoms with van der Waals surface area (Å²) in [6.45, 7) is 3.33. The van der Waals surface area contributed by atoms with E-state index in [1.165, 1.54) is 19.3 Å². The zero-order chi connectivity index (χ0) is 19.5. The first kappa shape index (κ1) is 19.3. The van der Waals surface area contributed by atoms with Gasteiger partial charge < -0.3 is 14.5 Å². The van der Waals surface area contributed by atoms with Crippen LogP contribution >= 0.6 is 0 Å². The van der Waals surface area contributed by atoms with Crippen molar-refractivity contribution in [2.45, 2.75) is 76.8 Å². The third kappa shape index (κ3) is 4.18. The van der Waals surface area contributed by atoms with Gasteiger partial charge in [-0.25, -0.2) is 0 Å². The van der Waals surface area contributed by atoms with Crippen molar-refractivity contribution in [3.05, 3.63) is 24.3 Å². The maximum Gasteiger partial charge on any atom is 0.227 e. The predicted molar refractivity (Wildman–Crippen MR) is 109 cm³/mol. The Morgan fingerprint density at radius 2 is 1.71 bits per heavy atom. The summed E-state index contributed by atoms with van der Waals surface area (Å²) in [4.78, 5) is 29.8. The Bertz CT molecular complexity index is 708. The van der Waals surface area contributed by atoms with Crippen LogP contribution in [0, 0.1) is 5.92 Å². The number of ether oxygens (including phenoxy) is 1. The number of anilines is 1. The van der Waals surface area contributed by atoms with Gasteiger partial charge in [-0.3, -0.25) is 9.59 Å². The van der Waals surface area contributed by atoms with Gasteiger partial charge in [0.1, 0.15) is 12.4 Å². The fraction of sp³-hybridized carbons (Fsp3) is 0.652. The average molecular weight is 385 g/mol. The molecular formula is C23H32N2O3. The van der Waals surface area contributed by atoms with Gasteiger partial charge in [0.15, 0.2) is 0 Å². The number of hydrogen-bond donors (Lipinski definition) is 0. The number of hydrogen-bond acceptors (Lipinski definition) is 3. The summed E-state index contributed by atoms with van der Waals surface area (Å²) in [5.74, 6) is 1.78. The molecule has 3 aliphatic rings. The van der Waals surface area contributed by atoms with Crippen molar-refractivity contribution in [2.24, 2.45) is 5.92 Å². The topological polar surface area (TPSA) is 49.9 Å². The second-order valence-electron chi connectivity index (χ2n) is 8.48. The van der Waals surface area contributed by atoms with Crippen LogP contribution in [0.5, 0.6) is 5.75 Å². The van der Waals surface area contributed by atoms with Crippen molar-refractivity contribution >= 4 is 17.5 Å². The van der Waals surface area contributed by atoms with Crippen LogP contribution in [0.4, 0.5) is 5.69 Å². The molecule has 28 heavy (non-hydrogen) atoms. The first-order valence-corrected chi connectivity index (χ1v) is 11.0. The number of carbonyl (C=O) groups is 2. The molecule has 0 N–H and O–H groups in total. The lowest BCUT2D eigenvalue weighted by Crippen LogP contribution is -2.44. The van der Waals surface area contributed by atoms with E-state index in [-0.39, 0.29) is 18.2 Å². The van der Waals surface area contributed by atoms with E-state index in [4.69, 9.17) is 4.74 Å². The molecule has 5 heteroatoms. The number of rotatable bonds is 6. The van der Waals surface area contributed by atoms with E-state index in [0.29, 0.717) is 31.7 Å². The van der Waals surface area contributed by atoms with Crippen LogP contribution < -0.4 is 9.64 Å². The number of nitrogens with zero attached hydrogens (tertiary/aromatic N) is 2. The van der Waals surface area contributed by atoms with Crippen LogP contribution in [-0.2, 0) is 9.59 Å². The summed E-state index contributed by atoms with van der Waals surface area (Å²) in [7, 11) is 0. The smallest absolute Gasteiger partial charge is 0.227 e. The molecule has 152 valence electrons. The molecule has 0 radical (unpaired) electrons. The Kier molecular flexibility index (Phi) is 5.88. The normalized spacial score (nSPS) is 24.2. The molecule has 2 fully saturated rings. The first-order valence-electron chi connectivity index (χ1n) is 11.0. The summed E-state index contributed by atoms with van der Waals surface area (Å²) in [5, 5.41) is 0. The third-order valence-corrected chi connectivity index (χ3v) is 6.60. The number of para-hydroxylation sites is 2. The van der Waals surface area contributed by atoms with Gasteiger partial charge in [-0.2, -0.15) is 0 Å². The van der Waals surface area contributed by atoms with Gasteiger partial charge in [0.2, 0.25) is 11.8 Å². The second kappa shape index (κ2) is 8.54. The summed E-state index contributed by atoms with van der Waals surface area (Å²) >= 11 is 0. The van der Waals surface area contributed by atoms with E-state index in [9.17, 15) is 9.59 Å². The van der Waals surface area contributed by atoms with Gasteiger partial charge in [0.25, 0.3) is 0 Å². The minimum atomic E-state index is 0.0227. The van der Waals surface area contributed by atoms with Crippen molar-refractivity contribution in [1.29, 1.82) is 0 Å². The molecule has 1 aromatic carbocycles. The Morgan fingerprint density at radius 3 is 2.39 bits per heavy atom. The molecule has 2 aliphatic carbocycles. The molecule has 2 amide bonds. The highest BCUT2D eigenvalue weighted by molar-refractivity contribution is 5.97. The highest BCUT2D eigenvalue weighted by Gasteiger charge is 2.38. The maximum absolute atomic E-state index is 13.0. The maximum atomic E-state index is 13.0. The molecular weight excluding hydrogens is 352 g/mol. The highest BCUT2D eigenvalue weighted by Crippen LogP contribution is 2.37. The van der Waals surface area contributed by atoms with Crippen LogP contribution in [0.3, 0.4) is 0 Å². The molecule has 0 saturated heterocycles. The van der Waals surface area contributed by atoms with Crippen molar-refractivity contribution in [2.75, 3.05) is 18.1 Å². The molecule has 4 rings (SSSR count). The summed E-state index contributed by atoms with van der Waals surface area (Å²) in [6.07, 6.45) is 8.84. The van der Waals surface area contributed by atoms with E-state index >= 15 is 0 Å². The Balaban J connectivity index is 1.35. The lowest BCUT2D eigenvalue weighted by molar-refractivity contribution is -0.136. The van der Waals surface area contributed by atoms with E-state index in [2.05, 4.69) is 11.8 Å². The number of benzene rings is 1. The van der Waals surface area contributed by atoms with Gasteiger partial charge in [0.05, 0.1) is 12.2 Å². The lowest BCUT2D eigenvalue weighted by atomic mass is 9.83. The van der Waals surface area contributed by atoms with Crippen molar-refractivity contribution < 1.29 is 14.3 Å². The highest BCUT2D eigenvalue weighted by atomic mass is 16.5. The number of amides is 2. The fourth-order valence-corrected chi connectivity index (χ4v) is 4.80. The quantitative estimate of drug-likeness (QED) is 0.740. The largest absolute Gasteiger partial charge is 0.490 e. The summed E-state index contributed by atoms with van der Waals surface area (Å²) in [6, 6.07) is 8.45. The van der Waals surface area contributed by atoms with E-state index in [0.717, 1.165) is 43.0 Å². The standard InChI is InChI=1S/C23H32N2O3/c1-2-17-7-9-18(10-8-17)25(19-11-12-19)23(27)14-13-22(26)24-15-16-28-21-6-4-3-5-20(21)24/h3-6,17-19H,2,7-16H2,1H3. The molecule has 0 spiro atoms. The first-order chi connectivity index (χ1) is 13.7. The monoisotopic (exact) mass is 384 g/mol. The van der Waals surface area contributed by atoms with Gasteiger partial charge in [-0.1, -0.05) is 25.5 Å². The van der Waals surface area contributed by atoms with Crippen LogP contribution in [0.1, 0.15) is 64.7 Å². The van der Waals surface area contributed by atoms with Crippen LogP contribution in [0.2, 0.25) is 0 Å². The molecule has 0 unspecified atom stereocenters. The minimum Gasteiger partial charge on any atom is -0.490 e. The van der Waals surface area contributed by atoms with E-state index in [1.54, 1.807) is 4.90 Å². The SMILES string of the molecule is CCC1CCC(N(C(=O)CCC(=O)N2CCOc3ccccc32)C2CC2)CC1. The Labute approximate surface area is 168 Å². The van der Waals surface area contributed by atoms with Gasteiger partial charge >= 0.3 is 0 Å². The van der Waals surface area contributed by atoms with Crippen molar-refractivity contribution in [3.63, 3.8) is 0 Å². The average Bonchev–Trinajstić information content (AvgIpc) is 3.57. The van der Waals surface area contributed by atoms with Crippen LogP contribution in [0.25, 0.3) is 0 Å². The van der Waals surface area contributed by atoms with Crippen LogP contribution in [0.15, 0.2) is 24.3 Å². The lowest BCUT2D eigenvalue weighted by Gasteiger charge is -2.37. The molecule has 0 bridgehead atoms. The zero-order valence-electron chi connectivity index (χ0n) is 16.9. The van der Waals surface area contributed by atoms with E-state index < -0.39 is 0 Å². The van der Waals surface area contributed by atoms with Gasteiger partial charge in [-0.05, 0) is 56.6 Å². The summed E-state index contributed by atoms with van der Waals surface area (Å²) < 4.78 is 5.64. The summed E-state index contributed by atoms with van der Waals surface area (Å²) in [5.41, 5.74) is 0.822. The minimum absolute atomic E-state index is 0.0227. The third-order valence-electron chi connectivity index (χ3n) is 6.60.